The average Bonchev–Trinajstić information content (AvgIpc) is 3.11. The number of nitrogens with one attached hydrogen (secondary N) is 1. The third-order valence-corrected chi connectivity index (χ3v) is 4.82. The van der Waals surface area contributed by atoms with Crippen LogP contribution in [0, 0.1) is 5.41 Å². The number of likely N-dealkylation sites (tertiary alicyclic amines) is 1. The van der Waals surface area contributed by atoms with Gasteiger partial charge in [0.1, 0.15) is 17.6 Å². The molecule has 2 aliphatic rings. The van der Waals surface area contributed by atoms with E-state index >= 15 is 0 Å². The maximum atomic E-state index is 12.6. The monoisotopic (exact) mass is 348 g/mol. The highest BCUT2D eigenvalue weighted by Crippen LogP contribution is 2.38. The molecule has 0 aliphatic carbocycles. The van der Waals surface area contributed by atoms with Crippen molar-refractivity contribution < 1.29 is 24.2 Å². The third-order valence-electron chi connectivity index (χ3n) is 4.82. The van der Waals surface area contributed by atoms with Crippen LogP contribution in [0.2, 0.25) is 0 Å². The summed E-state index contributed by atoms with van der Waals surface area (Å²) in [5.41, 5.74) is 0.716. The van der Waals surface area contributed by atoms with E-state index < -0.39 is 11.4 Å². The Bertz CT molecular complexity index is 705. The van der Waals surface area contributed by atoms with E-state index in [1.165, 1.54) is 4.90 Å². The molecule has 25 heavy (non-hydrogen) atoms. The van der Waals surface area contributed by atoms with Crippen molar-refractivity contribution in [1.29, 1.82) is 0 Å². The van der Waals surface area contributed by atoms with Gasteiger partial charge >= 0.3 is 12.0 Å². The number of hydrogen-bond donors (Lipinski definition) is 2. The molecule has 2 amide bonds. The van der Waals surface area contributed by atoms with E-state index in [1.54, 1.807) is 13.0 Å². The first-order valence-electron chi connectivity index (χ1n) is 8.58. The Morgan fingerprint density at radius 3 is 2.88 bits per heavy atom. The van der Waals surface area contributed by atoms with E-state index in [0.29, 0.717) is 31.0 Å². The molecule has 0 bridgehead atoms. The number of carbonyl (C=O) groups excluding carboxylic acids is 1. The van der Waals surface area contributed by atoms with Crippen molar-refractivity contribution in [2.45, 2.75) is 39.7 Å². The van der Waals surface area contributed by atoms with Gasteiger partial charge in [-0.25, -0.2) is 4.79 Å². The number of benzene rings is 1. The molecule has 1 fully saturated rings. The van der Waals surface area contributed by atoms with Gasteiger partial charge in [-0.1, -0.05) is 0 Å². The average molecular weight is 348 g/mol. The number of hydrogen-bond acceptors (Lipinski definition) is 4. The molecule has 0 aromatic heterocycles. The predicted octanol–water partition coefficient (Wildman–Crippen LogP) is 2.74. The van der Waals surface area contributed by atoms with Gasteiger partial charge in [-0.2, -0.15) is 0 Å². The molecule has 2 aliphatic heterocycles. The fraction of sp³-hybridized carbons (Fsp3) is 0.556. The summed E-state index contributed by atoms with van der Waals surface area (Å²) in [5, 5.41) is 12.2. The molecular formula is C18H24N2O5. The number of ether oxygens (including phenoxy) is 2. The van der Waals surface area contributed by atoms with Crippen LogP contribution < -0.4 is 14.8 Å². The maximum Gasteiger partial charge on any atom is 0.321 e. The lowest BCUT2D eigenvalue weighted by Crippen LogP contribution is -2.37. The van der Waals surface area contributed by atoms with Gasteiger partial charge < -0.3 is 24.8 Å². The summed E-state index contributed by atoms with van der Waals surface area (Å²) >= 11 is 0. The molecule has 1 aromatic rings. The number of carboxylic acids is 1. The van der Waals surface area contributed by atoms with E-state index in [-0.39, 0.29) is 18.7 Å². The minimum Gasteiger partial charge on any atom is -0.492 e. The number of urea groups is 1. The highest BCUT2D eigenvalue weighted by Gasteiger charge is 2.42. The van der Waals surface area contributed by atoms with Gasteiger partial charge in [-0.15, -0.1) is 0 Å². The number of amides is 2. The second kappa shape index (κ2) is 6.46. The largest absolute Gasteiger partial charge is 0.492 e. The maximum absolute atomic E-state index is 12.6. The number of aliphatic carboxylic acids is 1. The summed E-state index contributed by atoms with van der Waals surface area (Å²) < 4.78 is 11.4. The Morgan fingerprint density at radius 1 is 1.48 bits per heavy atom. The first-order valence-corrected chi connectivity index (χ1v) is 8.58. The van der Waals surface area contributed by atoms with Crippen molar-refractivity contribution >= 4 is 17.7 Å². The highest BCUT2D eigenvalue weighted by atomic mass is 16.5. The van der Waals surface area contributed by atoms with Crippen molar-refractivity contribution in [2.24, 2.45) is 5.41 Å². The summed E-state index contributed by atoms with van der Waals surface area (Å²) in [6, 6.07) is 3.37. The van der Waals surface area contributed by atoms with Crippen molar-refractivity contribution in [2.75, 3.05) is 25.0 Å². The predicted molar refractivity (Wildman–Crippen MR) is 92.4 cm³/mol. The van der Waals surface area contributed by atoms with E-state index in [1.807, 2.05) is 19.9 Å². The molecule has 7 heteroatoms. The van der Waals surface area contributed by atoms with Crippen LogP contribution >= 0.6 is 0 Å². The summed E-state index contributed by atoms with van der Waals surface area (Å²) in [4.78, 5) is 25.5. The topological polar surface area (TPSA) is 88.1 Å². The third kappa shape index (κ3) is 3.36. The van der Waals surface area contributed by atoms with Gasteiger partial charge in [0.15, 0.2) is 0 Å². The second-order valence-corrected chi connectivity index (χ2v) is 6.99. The Balaban J connectivity index is 1.77. The van der Waals surface area contributed by atoms with E-state index in [0.717, 1.165) is 17.7 Å². The van der Waals surface area contributed by atoms with Crippen LogP contribution in [0.15, 0.2) is 12.1 Å². The van der Waals surface area contributed by atoms with E-state index in [2.05, 4.69) is 5.32 Å². The molecule has 3 rings (SSSR count). The van der Waals surface area contributed by atoms with Gasteiger partial charge in [0.2, 0.25) is 0 Å². The molecule has 1 aromatic carbocycles. The van der Waals surface area contributed by atoms with Crippen LogP contribution in [0.5, 0.6) is 11.5 Å². The number of carbonyl (C=O) groups is 2. The van der Waals surface area contributed by atoms with Crippen LogP contribution in [0.4, 0.5) is 10.5 Å². The summed E-state index contributed by atoms with van der Waals surface area (Å²) in [6.45, 7) is 6.64. The molecule has 2 unspecified atom stereocenters. The molecule has 136 valence electrons. The molecule has 1 saturated heterocycles. The van der Waals surface area contributed by atoms with Crippen molar-refractivity contribution in [3.05, 3.63) is 17.7 Å². The number of anilines is 1. The summed E-state index contributed by atoms with van der Waals surface area (Å²) in [6.07, 6.45) is 1.36. The Morgan fingerprint density at radius 2 is 2.24 bits per heavy atom. The van der Waals surface area contributed by atoms with E-state index in [4.69, 9.17) is 9.47 Å². The van der Waals surface area contributed by atoms with Crippen LogP contribution in [-0.4, -0.2) is 47.8 Å². The van der Waals surface area contributed by atoms with Crippen LogP contribution in [-0.2, 0) is 11.2 Å². The van der Waals surface area contributed by atoms with Gasteiger partial charge in [0.05, 0.1) is 17.7 Å². The second-order valence-electron chi connectivity index (χ2n) is 6.99. The molecular weight excluding hydrogens is 324 g/mol. The first kappa shape index (κ1) is 17.4. The molecule has 7 nitrogen and oxygen atoms in total. The fourth-order valence-electron chi connectivity index (χ4n) is 3.32. The molecule has 0 saturated carbocycles. The lowest BCUT2D eigenvalue weighted by Gasteiger charge is -2.21. The van der Waals surface area contributed by atoms with Gasteiger partial charge in [-0.05, 0) is 33.3 Å². The van der Waals surface area contributed by atoms with Gasteiger partial charge in [0, 0.05) is 31.1 Å². The Hall–Kier alpha value is -2.44. The minimum atomic E-state index is -0.892. The van der Waals surface area contributed by atoms with Crippen LogP contribution in [0.25, 0.3) is 0 Å². The SMILES string of the molecule is CCOc1cc2c(cc1NC(=O)N1CCC(C)(C(=O)O)C1)OC(C)C2. The normalized spacial score (nSPS) is 24.6. The molecule has 2 N–H and O–H groups in total. The fourth-order valence-corrected chi connectivity index (χ4v) is 3.32. The zero-order chi connectivity index (χ0) is 18.2. The van der Waals surface area contributed by atoms with Gasteiger partial charge in [-0.3, -0.25) is 4.79 Å². The lowest BCUT2D eigenvalue weighted by atomic mass is 9.90. The van der Waals surface area contributed by atoms with Crippen molar-refractivity contribution in [3.8, 4) is 11.5 Å². The lowest BCUT2D eigenvalue weighted by molar-refractivity contribution is -0.146. The van der Waals surface area contributed by atoms with Crippen molar-refractivity contribution in [3.63, 3.8) is 0 Å². The summed E-state index contributed by atoms with van der Waals surface area (Å²) in [7, 11) is 0. The quantitative estimate of drug-likeness (QED) is 0.873. The Kier molecular flexibility index (Phi) is 4.49. The molecule has 2 heterocycles. The zero-order valence-electron chi connectivity index (χ0n) is 14.8. The minimum absolute atomic E-state index is 0.102. The smallest absolute Gasteiger partial charge is 0.321 e. The number of nitrogens with zero attached hydrogens (tertiary/aromatic N) is 1. The molecule has 2 atom stereocenters. The highest BCUT2D eigenvalue weighted by molar-refractivity contribution is 5.92. The summed E-state index contributed by atoms with van der Waals surface area (Å²) in [5.74, 6) is 0.480. The van der Waals surface area contributed by atoms with Crippen LogP contribution in [0.3, 0.4) is 0 Å². The standard InChI is InChI=1S/C18H24N2O5/c1-4-24-15-8-12-7-11(2)25-14(12)9-13(15)19-17(23)20-6-5-18(3,10-20)16(21)22/h8-9,11H,4-7,10H2,1-3H3,(H,19,23)(H,21,22). The number of fused-ring (bicyclic) bond motifs is 1. The first-order chi connectivity index (χ1) is 11.8. The molecule has 0 spiro atoms. The number of carboxylic acid groups (broad SMARTS) is 1. The number of rotatable bonds is 4. The van der Waals surface area contributed by atoms with Crippen LogP contribution in [0.1, 0.15) is 32.8 Å². The zero-order valence-corrected chi connectivity index (χ0v) is 14.8. The molecule has 0 radical (unpaired) electrons. The van der Waals surface area contributed by atoms with E-state index in [9.17, 15) is 14.7 Å². The Labute approximate surface area is 146 Å². The van der Waals surface area contributed by atoms with Gasteiger partial charge in [0.25, 0.3) is 0 Å². The van der Waals surface area contributed by atoms with Crippen molar-refractivity contribution in [1.82, 2.24) is 4.90 Å².